The molecular formula is C25H27NO4. The lowest BCUT2D eigenvalue weighted by atomic mass is 10.1. The van der Waals surface area contributed by atoms with E-state index in [9.17, 15) is 9.90 Å². The van der Waals surface area contributed by atoms with Crippen LogP contribution in [0.2, 0.25) is 0 Å². The molecule has 0 aromatic heterocycles. The molecule has 0 bridgehead atoms. The highest BCUT2D eigenvalue weighted by Gasteiger charge is 2.13. The molecule has 0 saturated carbocycles. The van der Waals surface area contributed by atoms with Crippen LogP contribution in [0.3, 0.4) is 0 Å². The van der Waals surface area contributed by atoms with Crippen molar-refractivity contribution in [3.8, 4) is 11.5 Å². The number of aryl methyl sites for hydroxylation is 2. The molecule has 3 aromatic rings. The third-order valence-electron chi connectivity index (χ3n) is 4.82. The number of carboxylic acid groups (broad SMARTS) is 1. The van der Waals surface area contributed by atoms with Crippen molar-refractivity contribution in [2.45, 2.75) is 33.9 Å². The van der Waals surface area contributed by atoms with Crippen LogP contribution in [-0.2, 0) is 13.2 Å². The zero-order chi connectivity index (χ0) is 21.5. The summed E-state index contributed by atoms with van der Waals surface area (Å²) in [5.41, 5.74) is 5.23. The molecule has 0 fully saturated rings. The number of ether oxygens (including phenoxy) is 2. The molecule has 3 rings (SSSR count). The van der Waals surface area contributed by atoms with E-state index in [2.05, 4.69) is 36.5 Å². The van der Waals surface area contributed by atoms with Gasteiger partial charge in [0.25, 0.3) is 0 Å². The number of anilines is 1. The molecule has 0 aliphatic rings. The molecule has 0 spiro atoms. The fourth-order valence-corrected chi connectivity index (χ4v) is 3.11. The van der Waals surface area contributed by atoms with Crippen molar-refractivity contribution in [3.05, 3.63) is 88.5 Å². The maximum atomic E-state index is 11.3. The van der Waals surface area contributed by atoms with Crippen molar-refractivity contribution in [1.29, 1.82) is 0 Å². The van der Waals surface area contributed by atoms with Crippen LogP contribution in [0.5, 0.6) is 11.5 Å². The summed E-state index contributed by atoms with van der Waals surface area (Å²) < 4.78 is 11.9. The van der Waals surface area contributed by atoms with Crippen LogP contribution in [0.15, 0.2) is 60.7 Å². The molecule has 0 aliphatic carbocycles. The number of hydrogen-bond donors (Lipinski definition) is 2. The summed E-state index contributed by atoms with van der Waals surface area (Å²) in [4.78, 5) is 11.3. The summed E-state index contributed by atoms with van der Waals surface area (Å²) in [5, 5.41) is 12.6. The predicted octanol–water partition coefficient (Wildman–Crippen LogP) is 5.59. The number of aromatic carboxylic acids is 1. The van der Waals surface area contributed by atoms with Gasteiger partial charge < -0.3 is 19.9 Å². The Kier molecular flexibility index (Phi) is 6.96. The average Bonchev–Trinajstić information content (AvgIpc) is 2.73. The Labute approximate surface area is 177 Å². The zero-order valence-corrected chi connectivity index (χ0v) is 17.6. The van der Waals surface area contributed by atoms with Gasteiger partial charge in [0.15, 0.2) is 11.5 Å². The average molecular weight is 405 g/mol. The summed E-state index contributed by atoms with van der Waals surface area (Å²) in [7, 11) is 0. The van der Waals surface area contributed by atoms with Crippen LogP contribution < -0.4 is 14.8 Å². The van der Waals surface area contributed by atoms with Gasteiger partial charge in [-0.15, -0.1) is 0 Å². The molecule has 5 heteroatoms. The van der Waals surface area contributed by atoms with E-state index in [1.54, 1.807) is 18.2 Å². The fraction of sp³-hybridized carbons (Fsp3) is 0.240. The van der Waals surface area contributed by atoms with E-state index >= 15 is 0 Å². The predicted molar refractivity (Wildman–Crippen MR) is 119 cm³/mol. The van der Waals surface area contributed by atoms with Crippen LogP contribution in [0.4, 0.5) is 5.69 Å². The van der Waals surface area contributed by atoms with E-state index in [1.165, 1.54) is 5.56 Å². The quantitative estimate of drug-likeness (QED) is 0.486. The van der Waals surface area contributed by atoms with E-state index < -0.39 is 5.97 Å². The second kappa shape index (κ2) is 9.83. The lowest BCUT2D eigenvalue weighted by Gasteiger charge is -2.17. The van der Waals surface area contributed by atoms with Crippen LogP contribution in [0, 0.1) is 13.8 Å². The third kappa shape index (κ3) is 5.32. The van der Waals surface area contributed by atoms with Crippen molar-refractivity contribution < 1.29 is 19.4 Å². The summed E-state index contributed by atoms with van der Waals surface area (Å²) in [5.74, 6) is 0.443. The minimum absolute atomic E-state index is 0.252. The van der Waals surface area contributed by atoms with Gasteiger partial charge >= 0.3 is 5.97 Å². The van der Waals surface area contributed by atoms with Crippen LogP contribution in [0.1, 0.15) is 39.5 Å². The van der Waals surface area contributed by atoms with Crippen molar-refractivity contribution in [1.82, 2.24) is 0 Å². The number of rotatable bonds is 9. The Hall–Kier alpha value is -3.47. The molecular weight excluding hydrogens is 378 g/mol. The molecule has 0 radical (unpaired) electrons. The molecule has 0 atom stereocenters. The molecule has 5 nitrogen and oxygen atoms in total. The zero-order valence-electron chi connectivity index (χ0n) is 17.6. The highest BCUT2D eigenvalue weighted by atomic mass is 16.5. The van der Waals surface area contributed by atoms with Crippen molar-refractivity contribution in [2.75, 3.05) is 11.9 Å². The standard InChI is InChI=1S/C25H27NO4/c1-4-29-23-7-5-6-21(24(23)30-16-19-11-8-17(2)9-12-19)15-26-22-14-20(25(27)28)13-10-18(22)3/h5-14,26H,4,15-16H2,1-3H3,(H,27,28). The first-order valence-electron chi connectivity index (χ1n) is 9.98. The van der Waals surface area contributed by atoms with Gasteiger partial charge in [0.2, 0.25) is 0 Å². The number of benzene rings is 3. The first-order chi connectivity index (χ1) is 14.5. The van der Waals surface area contributed by atoms with Gasteiger partial charge in [-0.1, -0.05) is 48.0 Å². The molecule has 0 aliphatic heterocycles. The highest BCUT2D eigenvalue weighted by molar-refractivity contribution is 5.89. The summed E-state index contributed by atoms with van der Waals surface area (Å²) in [6.07, 6.45) is 0. The molecule has 156 valence electrons. The van der Waals surface area contributed by atoms with Gasteiger partial charge in [0.05, 0.1) is 12.2 Å². The fourth-order valence-electron chi connectivity index (χ4n) is 3.11. The maximum Gasteiger partial charge on any atom is 0.335 e. The van der Waals surface area contributed by atoms with Crippen LogP contribution in [0.25, 0.3) is 0 Å². The first kappa shape index (κ1) is 21.2. The van der Waals surface area contributed by atoms with Gasteiger partial charge in [-0.25, -0.2) is 4.79 Å². The summed E-state index contributed by atoms with van der Waals surface area (Å²) in [6, 6.07) is 19.1. The SMILES string of the molecule is CCOc1cccc(CNc2cc(C(=O)O)ccc2C)c1OCc1ccc(C)cc1. The molecule has 3 aromatic carbocycles. The highest BCUT2D eigenvalue weighted by Crippen LogP contribution is 2.33. The lowest BCUT2D eigenvalue weighted by Crippen LogP contribution is -2.07. The molecule has 0 saturated heterocycles. The second-order valence-electron chi connectivity index (χ2n) is 7.14. The van der Waals surface area contributed by atoms with E-state index in [-0.39, 0.29) is 5.56 Å². The Morgan fingerprint density at radius 3 is 2.47 bits per heavy atom. The topological polar surface area (TPSA) is 67.8 Å². The Morgan fingerprint density at radius 1 is 1.00 bits per heavy atom. The van der Waals surface area contributed by atoms with E-state index in [4.69, 9.17) is 9.47 Å². The first-order valence-corrected chi connectivity index (χ1v) is 9.98. The summed E-state index contributed by atoms with van der Waals surface area (Å²) >= 11 is 0. The summed E-state index contributed by atoms with van der Waals surface area (Å²) in [6.45, 7) is 7.39. The van der Waals surface area contributed by atoms with Crippen molar-refractivity contribution in [2.24, 2.45) is 0 Å². The smallest absolute Gasteiger partial charge is 0.335 e. The lowest BCUT2D eigenvalue weighted by molar-refractivity contribution is 0.0697. The molecule has 0 amide bonds. The van der Waals surface area contributed by atoms with Gasteiger partial charge in [-0.3, -0.25) is 0 Å². The molecule has 30 heavy (non-hydrogen) atoms. The van der Waals surface area contributed by atoms with E-state index in [0.717, 1.165) is 22.4 Å². The number of carboxylic acids is 1. The number of carbonyl (C=O) groups is 1. The minimum Gasteiger partial charge on any atom is -0.490 e. The third-order valence-corrected chi connectivity index (χ3v) is 4.82. The number of nitrogens with one attached hydrogen (secondary N) is 1. The molecule has 0 unspecified atom stereocenters. The molecule has 2 N–H and O–H groups in total. The van der Waals surface area contributed by atoms with Crippen molar-refractivity contribution in [3.63, 3.8) is 0 Å². The van der Waals surface area contributed by atoms with Gasteiger partial charge in [0, 0.05) is 17.8 Å². The largest absolute Gasteiger partial charge is 0.490 e. The maximum absolute atomic E-state index is 11.3. The van der Waals surface area contributed by atoms with Crippen LogP contribution in [-0.4, -0.2) is 17.7 Å². The minimum atomic E-state index is -0.946. The monoisotopic (exact) mass is 405 g/mol. The normalized spacial score (nSPS) is 10.5. The van der Waals surface area contributed by atoms with Gasteiger partial charge in [-0.05, 0) is 50.1 Å². The van der Waals surface area contributed by atoms with E-state index in [1.807, 2.05) is 32.0 Å². The van der Waals surface area contributed by atoms with E-state index in [0.29, 0.717) is 31.3 Å². The second-order valence-corrected chi connectivity index (χ2v) is 7.14. The molecule has 0 heterocycles. The van der Waals surface area contributed by atoms with Gasteiger partial charge in [-0.2, -0.15) is 0 Å². The number of hydrogen-bond acceptors (Lipinski definition) is 4. The van der Waals surface area contributed by atoms with Gasteiger partial charge in [0.1, 0.15) is 6.61 Å². The Balaban J connectivity index is 1.81. The van der Waals surface area contributed by atoms with Crippen LogP contribution >= 0.6 is 0 Å². The Bertz CT molecular complexity index is 1010. The number of para-hydroxylation sites is 1. The van der Waals surface area contributed by atoms with Crippen molar-refractivity contribution >= 4 is 11.7 Å². The Morgan fingerprint density at radius 2 is 1.77 bits per heavy atom.